The molecule has 0 radical (unpaired) electrons. The molecular weight excluding hydrogens is 398 g/mol. The lowest BCUT2D eigenvalue weighted by atomic mass is 10.1. The summed E-state index contributed by atoms with van der Waals surface area (Å²) in [5.41, 5.74) is 3.18. The van der Waals surface area contributed by atoms with Gasteiger partial charge in [0.25, 0.3) is 0 Å². The van der Waals surface area contributed by atoms with Gasteiger partial charge in [-0.05, 0) is 55.2 Å². The Morgan fingerprint density at radius 2 is 1.70 bits per heavy atom. The smallest absolute Gasteiger partial charge is 0.245 e. The Bertz CT molecular complexity index is 907. The van der Waals surface area contributed by atoms with Gasteiger partial charge in [-0.15, -0.1) is 0 Å². The number of benzene rings is 2. The van der Waals surface area contributed by atoms with Gasteiger partial charge in [-0.25, -0.2) is 0 Å². The van der Waals surface area contributed by atoms with E-state index in [2.05, 4.69) is 11.0 Å². The summed E-state index contributed by atoms with van der Waals surface area (Å²) in [6.07, 6.45) is 2.80. The lowest BCUT2D eigenvalue weighted by molar-refractivity contribution is -0.135. The van der Waals surface area contributed by atoms with Crippen molar-refractivity contribution in [2.24, 2.45) is 0 Å². The van der Waals surface area contributed by atoms with Crippen molar-refractivity contribution >= 4 is 34.8 Å². The van der Waals surface area contributed by atoms with Crippen molar-refractivity contribution in [3.05, 3.63) is 59.1 Å². The molecule has 0 aliphatic carbocycles. The maximum atomic E-state index is 13.5. The average Bonchev–Trinajstić information content (AvgIpc) is 2.94. The van der Waals surface area contributed by atoms with Gasteiger partial charge in [0, 0.05) is 49.0 Å². The number of halogens is 1. The van der Waals surface area contributed by atoms with E-state index in [1.165, 1.54) is 0 Å². The second-order valence-electron chi connectivity index (χ2n) is 7.96. The van der Waals surface area contributed by atoms with Crippen molar-refractivity contribution in [3.8, 4) is 0 Å². The number of aryl methyl sites for hydroxylation is 1. The number of fused-ring (bicyclic) bond motifs is 1. The minimum atomic E-state index is -0.446. The zero-order chi connectivity index (χ0) is 21.1. The van der Waals surface area contributed by atoms with Crippen LogP contribution in [0.4, 0.5) is 11.4 Å². The molecule has 0 spiro atoms. The molecule has 2 aliphatic rings. The molecule has 4 rings (SSSR count). The summed E-state index contributed by atoms with van der Waals surface area (Å²) in [7, 11) is 0. The molecule has 0 saturated carbocycles. The lowest BCUT2D eigenvalue weighted by Gasteiger charge is -2.39. The van der Waals surface area contributed by atoms with E-state index in [1.807, 2.05) is 54.3 Å². The molecule has 2 aromatic carbocycles. The number of rotatable bonds is 4. The van der Waals surface area contributed by atoms with Gasteiger partial charge in [-0.3, -0.25) is 14.5 Å². The highest BCUT2D eigenvalue weighted by atomic mass is 35.5. The fourth-order valence-corrected chi connectivity index (χ4v) is 4.63. The fourth-order valence-electron chi connectivity index (χ4n) is 4.50. The Morgan fingerprint density at radius 3 is 2.40 bits per heavy atom. The highest BCUT2D eigenvalue weighted by Crippen LogP contribution is 2.30. The van der Waals surface area contributed by atoms with Crippen LogP contribution in [0.5, 0.6) is 0 Å². The van der Waals surface area contributed by atoms with E-state index in [1.54, 1.807) is 4.90 Å². The van der Waals surface area contributed by atoms with E-state index in [4.69, 9.17) is 11.6 Å². The topological polar surface area (TPSA) is 43.9 Å². The zero-order valence-electron chi connectivity index (χ0n) is 17.4. The minimum Gasteiger partial charge on any atom is -0.368 e. The van der Waals surface area contributed by atoms with Crippen molar-refractivity contribution in [1.29, 1.82) is 0 Å². The van der Waals surface area contributed by atoms with E-state index in [-0.39, 0.29) is 11.8 Å². The van der Waals surface area contributed by atoms with Crippen molar-refractivity contribution in [3.63, 3.8) is 0 Å². The monoisotopic (exact) mass is 425 g/mol. The molecule has 1 saturated heterocycles. The van der Waals surface area contributed by atoms with Crippen molar-refractivity contribution in [2.75, 3.05) is 36.0 Å². The molecule has 1 atom stereocenters. The Labute approximate surface area is 183 Å². The number of carbonyl (C=O) groups is 2. The summed E-state index contributed by atoms with van der Waals surface area (Å²) in [6.45, 7) is 4.85. The van der Waals surface area contributed by atoms with E-state index >= 15 is 0 Å². The second kappa shape index (κ2) is 9.09. The highest BCUT2D eigenvalue weighted by molar-refractivity contribution is 6.30. The van der Waals surface area contributed by atoms with Gasteiger partial charge in [-0.1, -0.05) is 36.7 Å². The van der Waals surface area contributed by atoms with Crippen LogP contribution in [0.1, 0.15) is 31.7 Å². The molecule has 30 heavy (non-hydrogen) atoms. The van der Waals surface area contributed by atoms with Gasteiger partial charge in [0.2, 0.25) is 11.8 Å². The third kappa shape index (κ3) is 4.17. The summed E-state index contributed by atoms with van der Waals surface area (Å²) < 4.78 is 0. The first-order valence-corrected chi connectivity index (χ1v) is 11.2. The van der Waals surface area contributed by atoms with Crippen LogP contribution >= 0.6 is 11.6 Å². The van der Waals surface area contributed by atoms with Crippen LogP contribution in [0.25, 0.3) is 0 Å². The molecule has 2 heterocycles. The number of nitrogens with zero attached hydrogens (tertiary/aromatic N) is 3. The Kier molecular flexibility index (Phi) is 6.28. The number of carbonyl (C=O) groups excluding carboxylic acids is 2. The number of hydrogen-bond acceptors (Lipinski definition) is 3. The summed E-state index contributed by atoms with van der Waals surface area (Å²) in [6, 6.07) is 15.4. The largest absolute Gasteiger partial charge is 0.368 e. The van der Waals surface area contributed by atoms with E-state index in [0.29, 0.717) is 25.9 Å². The third-order valence-electron chi connectivity index (χ3n) is 6.12. The summed E-state index contributed by atoms with van der Waals surface area (Å²) in [4.78, 5) is 32.4. The molecule has 1 fully saturated rings. The maximum absolute atomic E-state index is 13.5. The molecule has 2 aromatic rings. The van der Waals surface area contributed by atoms with Crippen molar-refractivity contribution < 1.29 is 9.59 Å². The quantitative estimate of drug-likeness (QED) is 0.739. The number of para-hydroxylation sites is 1. The van der Waals surface area contributed by atoms with E-state index in [0.717, 1.165) is 47.9 Å². The van der Waals surface area contributed by atoms with Crippen LogP contribution in [0.15, 0.2) is 48.5 Å². The Balaban J connectivity index is 1.49. The molecule has 2 amide bonds. The molecule has 158 valence electrons. The van der Waals surface area contributed by atoms with Gasteiger partial charge in [0.1, 0.15) is 6.04 Å². The Morgan fingerprint density at radius 1 is 1.00 bits per heavy atom. The zero-order valence-corrected chi connectivity index (χ0v) is 18.1. The number of piperazine rings is 1. The minimum absolute atomic E-state index is 0.0540. The molecule has 0 N–H and O–H groups in total. The van der Waals surface area contributed by atoms with E-state index in [9.17, 15) is 9.59 Å². The predicted molar refractivity (Wildman–Crippen MR) is 121 cm³/mol. The van der Waals surface area contributed by atoms with Crippen LogP contribution in [0.2, 0.25) is 5.02 Å². The number of hydrogen-bond donors (Lipinski definition) is 0. The lowest BCUT2D eigenvalue weighted by Crippen LogP contribution is -2.56. The number of anilines is 2. The van der Waals surface area contributed by atoms with Crippen LogP contribution < -0.4 is 9.80 Å². The molecule has 2 aliphatic heterocycles. The van der Waals surface area contributed by atoms with Gasteiger partial charge in [0.15, 0.2) is 0 Å². The Hall–Kier alpha value is -2.53. The van der Waals surface area contributed by atoms with Crippen molar-refractivity contribution in [2.45, 2.75) is 38.6 Å². The van der Waals surface area contributed by atoms with Gasteiger partial charge in [0.05, 0.1) is 0 Å². The maximum Gasteiger partial charge on any atom is 0.245 e. The first kappa shape index (κ1) is 20.7. The van der Waals surface area contributed by atoms with Crippen LogP contribution in [-0.4, -0.2) is 48.9 Å². The second-order valence-corrected chi connectivity index (χ2v) is 8.40. The SMILES string of the molecule is CC[C@H](C(=O)N1CCN(c2ccc(Cl)cc2)CC1)N1C(=O)CCCc2ccccc21. The third-order valence-corrected chi connectivity index (χ3v) is 6.38. The van der Waals surface area contributed by atoms with Gasteiger partial charge < -0.3 is 9.80 Å². The van der Waals surface area contributed by atoms with Gasteiger partial charge >= 0.3 is 0 Å². The molecule has 0 aromatic heterocycles. The normalized spacial score (nSPS) is 18.1. The van der Waals surface area contributed by atoms with Crippen LogP contribution in [-0.2, 0) is 16.0 Å². The first-order valence-electron chi connectivity index (χ1n) is 10.8. The summed E-state index contributed by atoms with van der Waals surface area (Å²) in [5.74, 6) is 0.109. The summed E-state index contributed by atoms with van der Waals surface area (Å²) in [5, 5.41) is 0.723. The predicted octanol–water partition coefficient (Wildman–Crippen LogP) is 4.14. The molecule has 6 heteroatoms. The molecule has 0 unspecified atom stereocenters. The standard InChI is InChI=1S/C24H28ClN3O2/c1-2-21(28-22-8-4-3-6-18(22)7-5-9-23(28)29)24(30)27-16-14-26(15-17-27)20-12-10-19(25)11-13-20/h3-4,6,8,10-13,21H,2,5,7,9,14-17H2,1H3/t21-/m1/s1. The van der Waals surface area contributed by atoms with Gasteiger partial charge in [-0.2, -0.15) is 0 Å². The highest BCUT2D eigenvalue weighted by Gasteiger charge is 2.35. The number of amides is 2. The van der Waals surface area contributed by atoms with E-state index < -0.39 is 6.04 Å². The summed E-state index contributed by atoms with van der Waals surface area (Å²) >= 11 is 6.00. The van der Waals surface area contributed by atoms with Crippen LogP contribution in [0, 0.1) is 0 Å². The molecule has 0 bridgehead atoms. The molecule has 5 nitrogen and oxygen atoms in total. The first-order chi connectivity index (χ1) is 14.6. The molecular formula is C24H28ClN3O2. The van der Waals surface area contributed by atoms with Crippen molar-refractivity contribution in [1.82, 2.24) is 4.90 Å². The average molecular weight is 426 g/mol. The van der Waals surface area contributed by atoms with Crippen LogP contribution in [0.3, 0.4) is 0 Å². The fraction of sp³-hybridized carbons (Fsp3) is 0.417.